The van der Waals surface area contributed by atoms with Crippen LogP contribution >= 0.6 is 24.0 Å². The van der Waals surface area contributed by atoms with Crippen LogP contribution in [0.2, 0.25) is 0 Å². The van der Waals surface area contributed by atoms with Gasteiger partial charge in [-0.1, -0.05) is 12.1 Å². The van der Waals surface area contributed by atoms with Gasteiger partial charge in [-0.2, -0.15) is 0 Å². The Kier molecular flexibility index (Phi) is 10.3. The Balaban J connectivity index is 0.00000392. The summed E-state index contributed by atoms with van der Waals surface area (Å²) in [5.74, 6) is 0.962. The zero-order valence-electron chi connectivity index (χ0n) is 16.2. The molecule has 8 heteroatoms. The number of nitrogens with one attached hydrogen (secondary N) is 2. The van der Waals surface area contributed by atoms with Crippen molar-refractivity contribution in [3.8, 4) is 5.75 Å². The normalized spacial score (nSPS) is 10.6. The lowest BCUT2D eigenvalue weighted by molar-refractivity contribution is 0.0954. The van der Waals surface area contributed by atoms with Crippen LogP contribution in [-0.2, 0) is 6.54 Å². The molecule has 2 rings (SSSR count). The number of hydrogen-bond acceptors (Lipinski definition) is 3. The van der Waals surface area contributed by atoms with Crippen molar-refractivity contribution in [3.63, 3.8) is 0 Å². The van der Waals surface area contributed by atoms with Crippen LogP contribution in [0.3, 0.4) is 0 Å². The standard InChI is InChI=1S/C20H25FN4O2.HI/c1-22-20(25(2)14-15-5-4-6-17(21)13-15)24-12-11-23-19(26)16-7-9-18(27-3)10-8-16;/h4-10,13H,11-12,14H2,1-3H3,(H,22,24)(H,23,26);1H. The van der Waals surface area contributed by atoms with E-state index in [1.54, 1.807) is 44.5 Å². The molecule has 0 aromatic heterocycles. The number of guanidine groups is 1. The van der Waals surface area contributed by atoms with E-state index in [2.05, 4.69) is 15.6 Å². The number of methoxy groups -OCH3 is 1. The van der Waals surface area contributed by atoms with Gasteiger partial charge in [-0.3, -0.25) is 9.79 Å². The Hall–Kier alpha value is -2.36. The molecule has 0 unspecified atom stereocenters. The molecule has 1 amide bonds. The van der Waals surface area contributed by atoms with E-state index in [0.29, 0.717) is 36.9 Å². The summed E-state index contributed by atoms with van der Waals surface area (Å²) < 4.78 is 18.4. The number of nitrogens with zero attached hydrogens (tertiary/aromatic N) is 2. The first-order chi connectivity index (χ1) is 13.0. The van der Waals surface area contributed by atoms with Crippen LogP contribution in [0.1, 0.15) is 15.9 Å². The third kappa shape index (κ3) is 7.34. The molecule has 0 saturated heterocycles. The highest BCUT2D eigenvalue weighted by Gasteiger charge is 2.08. The molecule has 0 aliphatic rings. The van der Waals surface area contributed by atoms with Crippen LogP contribution in [-0.4, -0.2) is 51.1 Å². The molecule has 0 radical (unpaired) electrons. The first-order valence-electron chi connectivity index (χ1n) is 8.62. The van der Waals surface area contributed by atoms with E-state index < -0.39 is 0 Å². The SMILES string of the molecule is CN=C(NCCNC(=O)c1ccc(OC)cc1)N(C)Cc1cccc(F)c1.I. The van der Waals surface area contributed by atoms with Gasteiger partial charge in [-0.15, -0.1) is 24.0 Å². The van der Waals surface area contributed by atoms with Gasteiger partial charge in [0.05, 0.1) is 7.11 Å². The van der Waals surface area contributed by atoms with E-state index >= 15 is 0 Å². The molecular formula is C20H26FIN4O2. The fraction of sp³-hybridized carbons (Fsp3) is 0.300. The highest BCUT2D eigenvalue weighted by molar-refractivity contribution is 14.0. The summed E-state index contributed by atoms with van der Waals surface area (Å²) in [4.78, 5) is 18.2. The second kappa shape index (κ2) is 12.2. The van der Waals surface area contributed by atoms with Gasteiger partial charge in [0.2, 0.25) is 0 Å². The van der Waals surface area contributed by atoms with E-state index in [4.69, 9.17) is 4.74 Å². The number of halogens is 2. The van der Waals surface area contributed by atoms with E-state index in [-0.39, 0.29) is 35.7 Å². The molecule has 0 atom stereocenters. The molecule has 0 saturated carbocycles. The smallest absolute Gasteiger partial charge is 0.251 e. The van der Waals surface area contributed by atoms with E-state index in [0.717, 1.165) is 5.56 Å². The van der Waals surface area contributed by atoms with Crippen molar-refractivity contribution >= 4 is 35.8 Å². The van der Waals surface area contributed by atoms with Crippen molar-refractivity contribution in [2.75, 3.05) is 34.3 Å². The molecule has 0 spiro atoms. The molecule has 0 aliphatic heterocycles. The average molecular weight is 500 g/mol. The molecule has 0 heterocycles. The third-order valence-corrected chi connectivity index (χ3v) is 3.93. The molecular weight excluding hydrogens is 474 g/mol. The van der Waals surface area contributed by atoms with Crippen molar-refractivity contribution in [1.82, 2.24) is 15.5 Å². The second-order valence-corrected chi connectivity index (χ2v) is 5.94. The Morgan fingerprint density at radius 3 is 2.43 bits per heavy atom. The van der Waals surface area contributed by atoms with Crippen molar-refractivity contribution < 1.29 is 13.9 Å². The van der Waals surface area contributed by atoms with Crippen molar-refractivity contribution in [3.05, 3.63) is 65.5 Å². The van der Waals surface area contributed by atoms with E-state index in [9.17, 15) is 9.18 Å². The lowest BCUT2D eigenvalue weighted by atomic mass is 10.2. The Morgan fingerprint density at radius 2 is 1.82 bits per heavy atom. The summed E-state index contributed by atoms with van der Waals surface area (Å²) in [6, 6.07) is 13.4. The van der Waals surface area contributed by atoms with Crippen LogP contribution in [0.4, 0.5) is 4.39 Å². The van der Waals surface area contributed by atoms with Crippen LogP contribution < -0.4 is 15.4 Å². The minimum absolute atomic E-state index is 0. The monoisotopic (exact) mass is 500 g/mol. The van der Waals surface area contributed by atoms with Gasteiger partial charge in [0.1, 0.15) is 11.6 Å². The van der Waals surface area contributed by atoms with Crippen molar-refractivity contribution in [1.29, 1.82) is 0 Å². The Morgan fingerprint density at radius 1 is 1.14 bits per heavy atom. The van der Waals surface area contributed by atoms with Gasteiger partial charge >= 0.3 is 0 Å². The predicted octanol–water partition coefficient (Wildman–Crippen LogP) is 2.89. The number of amides is 1. The molecule has 0 fully saturated rings. The number of benzene rings is 2. The van der Waals surface area contributed by atoms with Gasteiger partial charge in [-0.25, -0.2) is 4.39 Å². The zero-order chi connectivity index (χ0) is 19.6. The number of rotatable bonds is 7. The summed E-state index contributed by atoms with van der Waals surface area (Å²) in [5, 5.41) is 6.02. The molecule has 0 bridgehead atoms. The summed E-state index contributed by atoms with van der Waals surface area (Å²) in [6.45, 7) is 1.48. The van der Waals surface area contributed by atoms with Gasteiger partial charge in [-0.05, 0) is 42.0 Å². The lowest BCUT2D eigenvalue weighted by Crippen LogP contribution is -2.42. The Bertz CT molecular complexity index is 784. The van der Waals surface area contributed by atoms with Crippen LogP contribution in [0.25, 0.3) is 0 Å². The molecule has 28 heavy (non-hydrogen) atoms. The molecule has 2 aromatic carbocycles. The van der Waals surface area contributed by atoms with E-state index in [1.807, 2.05) is 18.0 Å². The third-order valence-electron chi connectivity index (χ3n) is 3.93. The summed E-state index contributed by atoms with van der Waals surface area (Å²) in [5.41, 5.74) is 1.43. The maximum absolute atomic E-state index is 13.3. The number of carbonyl (C=O) groups is 1. The minimum Gasteiger partial charge on any atom is -0.497 e. The van der Waals surface area contributed by atoms with Crippen LogP contribution in [0.15, 0.2) is 53.5 Å². The largest absolute Gasteiger partial charge is 0.497 e. The molecule has 2 N–H and O–H groups in total. The Labute approximate surface area is 182 Å². The zero-order valence-corrected chi connectivity index (χ0v) is 18.6. The molecule has 2 aromatic rings. The van der Waals surface area contributed by atoms with Crippen molar-refractivity contribution in [2.45, 2.75) is 6.54 Å². The predicted molar refractivity (Wildman–Crippen MR) is 120 cm³/mol. The summed E-state index contributed by atoms with van der Waals surface area (Å²) in [6.07, 6.45) is 0. The molecule has 6 nitrogen and oxygen atoms in total. The highest BCUT2D eigenvalue weighted by Crippen LogP contribution is 2.11. The topological polar surface area (TPSA) is 66.0 Å². The van der Waals surface area contributed by atoms with Crippen LogP contribution in [0, 0.1) is 5.82 Å². The van der Waals surface area contributed by atoms with Gasteiger partial charge in [0.15, 0.2) is 5.96 Å². The van der Waals surface area contributed by atoms with Gasteiger partial charge in [0.25, 0.3) is 5.91 Å². The fourth-order valence-corrected chi connectivity index (χ4v) is 2.56. The lowest BCUT2D eigenvalue weighted by Gasteiger charge is -2.22. The number of aliphatic imine (C=N–C) groups is 1. The summed E-state index contributed by atoms with van der Waals surface area (Å²) >= 11 is 0. The first-order valence-corrected chi connectivity index (χ1v) is 8.62. The van der Waals surface area contributed by atoms with Gasteiger partial charge < -0.3 is 20.3 Å². The number of ether oxygens (including phenoxy) is 1. The quantitative estimate of drug-likeness (QED) is 0.266. The minimum atomic E-state index is -0.259. The summed E-state index contributed by atoms with van der Waals surface area (Å²) in [7, 11) is 5.13. The number of hydrogen-bond donors (Lipinski definition) is 2. The highest BCUT2D eigenvalue weighted by atomic mass is 127. The molecule has 152 valence electrons. The van der Waals surface area contributed by atoms with Crippen LogP contribution in [0.5, 0.6) is 5.75 Å². The molecule has 0 aliphatic carbocycles. The fourth-order valence-electron chi connectivity index (χ4n) is 2.56. The van der Waals surface area contributed by atoms with Gasteiger partial charge in [0, 0.05) is 39.3 Å². The van der Waals surface area contributed by atoms with E-state index in [1.165, 1.54) is 12.1 Å². The maximum Gasteiger partial charge on any atom is 0.251 e. The second-order valence-electron chi connectivity index (χ2n) is 5.94. The average Bonchev–Trinajstić information content (AvgIpc) is 2.67. The number of carbonyl (C=O) groups excluding carboxylic acids is 1. The first kappa shape index (κ1) is 23.7. The maximum atomic E-state index is 13.3. The van der Waals surface area contributed by atoms with Crippen molar-refractivity contribution in [2.24, 2.45) is 4.99 Å².